The second-order valence-electron chi connectivity index (χ2n) is 4.79. The van der Waals surface area contributed by atoms with Gasteiger partial charge < -0.3 is 13.9 Å². The zero-order valence-electron chi connectivity index (χ0n) is 11.0. The molecular weight excluding hydrogens is 260 g/mol. The summed E-state index contributed by atoms with van der Waals surface area (Å²) in [6.07, 6.45) is 1.62. The Kier molecular flexibility index (Phi) is 3.29. The molecule has 0 saturated heterocycles. The zero-order valence-corrected chi connectivity index (χ0v) is 11.8. The standard InChI is InChI=1S/C15H16O3S/c1-3-9-8-11-13(18-14(9)16-2)10-6-4-5-7-12(10)17-15(11)19/h4-7,9,14H,3,8H2,1-2H3. The van der Waals surface area contributed by atoms with Gasteiger partial charge in [0, 0.05) is 18.6 Å². The Balaban J connectivity index is 2.22. The molecule has 0 N–H and O–H groups in total. The molecule has 100 valence electrons. The van der Waals surface area contributed by atoms with Crippen molar-refractivity contribution in [3.05, 3.63) is 34.5 Å². The maximum atomic E-state index is 6.03. The van der Waals surface area contributed by atoms with Crippen molar-refractivity contribution in [3.8, 4) is 5.75 Å². The van der Waals surface area contributed by atoms with Crippen LogP contribution in [0.15, 0.2) is 28.7 Å². The van der Waals surface area contributed by atoms with Crippen molar-refractivity contribution in [2.45, 2.75) is 26.1 Å². The summed E-state index contributed by atoms with van der Waals surface area (Å²) in [6, 6.07) is 7.80. The summed E-state index contributed by atoms with van der Waals surface area (Å²) in [4.78, 5) is 0. The molecule has 19 heavy (non-hydrogen) atoms. The molecule has 0 saturated carbocycles. The van der Waals surface area contributed by atoms with E-state index >= 15 is 0 Å². The topological polar surface area (TPSA) is 31.6 Å². The maximum absolute atomic E-state index is 6.03. The van der Waals surface area contributed by atoms with Crippen molar-refractivity contribution in [1.29, 1.82) is 0 Å². The Labute approximate surface area is 117 Å². The second-order valence-corrected chi connectivity index (χ2v) is 5.16. The number of rotatable bonds is 2. The van der Waals surface area contributed by atoms with Gasteiger partial charge in [-0.1, -0.05) is 19.1 Å². The Bertz CT molecular complexity index is 662. The predicted octanol–water partition coefficient (Wildman–Crippen LogP) is 4.10. The largest absolute Gasteiger partial charge is 0.463 e. The summed E-state index contributed by atoms with van der Waals surface area (Å²) in [6.45, 7) is 2.13. The molecule has 0 spiro atoms. The van der Waals surface area contributed by atoms with E-state index in [4.69, 9.17) is 26.1 Å². The van der Waals surface area contributed by atoms with Crippen LogP contribution in [0.3, 0.4) is 0 Å². The van der Waals surface area contributed by atoms with E-state index in [2.05, 4.69) is 6.92 Å². The van der Waals surface area contributed by atoms with E-state index in [1.807, 2.05) is 24.3 Å². The van der Waals surface area contributed by atoms with Crippen LogP contribution in [-0.4, -0.2) is 13.4 Å². The van der Waals surface area contributed by atoms with Gasteiger partial charge in [-0.2, -0.15) is 0 Å². The van der Waals surface area contributed by atoms with Crippen molar-refractivity contribution in [1.82, 2.24) is 0 Å². The lowest BCUT2D eigenvalue weighted by molar-refractivity contribution is -0.102. The minimum atomic E-state index is -0.210. The van der Waals surface area contributed by atoms with Gasteiger partial charge in [0.2, 0.25) is 6.29 Å². The minimum Gasteiger partial charge on any atom is -0.463 e. The molecule has 0 amide bonds. The first-order valence-corrected chi connectivity index (χ1v) is 6.89. The van der Waals surface area contributed by atoms with Crippen LogP contribution in [0.4, 0.5) is 0 Å². The molecule has 2 heterocycles. The molecule has 0 radical (unpaired) electrons. The SMILES string of the molecule is CCC1Cc2c(c3ccccc3oc2=S)OC1OC. The van der Waals surface area contributed by atoms with Gasteiger partial charge in [-0.05, 0) is 37.2 Å². The zero-order chi connectivity index (χ0) is 13.4. The van der Waals surface area contributed by atoms with Gasteiger partial charge in [-0.3, -0.25) is 0 Å². The van der Waals surface area contributed by atoms with Gasteiger partial charge in [-0.25, -0.2) is 0 Å². The van der Waals surface area contributed by atoms with Crippen molar-refractivity contribution in [2.24, 2.45) is 5.92 Å². The minimum absolute atomic E-state index is 0.210. The molecule has 1 aromatic carbocycles. The van der Waals surface area contributed by atoms with Crippen molar-refractivity contribution in [2.75, 3.05) is 7.11 Å². The summed E-state index contributed by atoms with van der Waals surface area (Å²) < 4.78 is 17.7. The monoisotopic (exact) mass is 276 g/mol. The molecule has 3 nitrogen and oxygen atoms in total. The highest BCUT2D eigenvalue weighted by atomic mass is 32.1. The van der Waals surface area contributed by atoms with Crippen LogP contribution in [-0.2, 0) is 11.2 Å². The van der Waals surface area contributed by atoms with Gasteiger partial charge in [-0.15, -0.1) is 0 Å². The van der Waals surface area contributed by atoms with Crippen LogP contribution >= 0.6 is 12.2 Å². The molecule has 3 rings (SSSR count). The van der Waals surface area contributed by atoms with Gasteiger partial charge >= 0.3 is 0 Å². The normalized spacial score (nSPS) is 22.0. The summed E-state index contributed by atoms with van der Waals surface area (Å²) >= 11 is 5.35. The Morgan fingerprint density at radius 2 is 2.16 bits per heavy atom. The number of ether oxygens (including phenoxy) is 2. The highest BCUT2D eigenvalue weighted by molar-refractivity contribution is 7.71. The van der Waals surface area contributed by atoms with E-state index in [0.717, 1.165) is 35.1 Å². The molecule has 0 bridgehead atoms. The molecule has 2 unspecified atom stereocenters. The fourth-order valence-electron chi connectivity index (χ4n) is 2.62. The average molecular weight is 276 g/mol. The molecule has 4 heteroatoms. The lowest BCUT2D eigenvalue weighted by Crippen LogP contribution is -2.34. The van der Waals surface area contributed by atoms with Crippen LogP contribution in [0, 0.1) is 10.6 Å². The van der Waals surface area contributed by atoms with Crippen LogP contribution in [0.25, 0.3) is 11.0 Å². The number of methoxy groups -OCH3 is 1. The van der Waals surface area contributed by atoms with Crippen molar-refractivity contribution < 1.29 is 13.9 Å². The summed E-state index contributed by atoms with van der Waals surface area (Å²) in [5, 5.41) is 0.961. The van der Waals surface area contributed by atoms with Gasteiger partial charge in [0.15, 0.2) is 4.71 Å². The highest BCUT2D eigenvalue weighted by Gasteiger charge is 2.31. The first-order chi connectivity index (χ1) is 9.24. The Morgan fingerprint density at radius 1 is 1.37 bits per heavy atom. The van der Waals surface area contributed by atoms with Crippen molar-refractivity contribution >= 4 is 23.2 Å². The quantitative estimate of drug-likeness (QED) is 0.773. The lowest BCUT2D eigenvalue weighted by atomic mass is 9.93. The maximum Gasteiger partial charge on any atom is 0.202 e. The Morgan fingerprint density at radius 3 is 2.89 bits per heavy atom. The van der Waals surface area contributed by atoms with Gasteiger partial charge in [0.25, 0.3) is 0 Å². The predicted molar refractivity (Wildman–Crippen MR) is 76.0 cm³/mol. The molecule has 0 fully saturated rings. The number of fused-ring (bicyclic) bond motifs is 3. The second kappa shape index (κ2) is 4.94. The number of hydrogen-bond acceptors (Lipinski definition) is 4. The van der Waals surface area contributed by atoms with E-state index in [0.29, 0.717) is 10.6 Å². The van der Waals surface area contributed by atoms with E-state index in [1.165, 1.54) is 0 Å². The van der Waals surface area contributed by atoms with E-state index < -0.39 is 0 Å². The van der Waals surface area contributed by atoms with Crippen LogP contribution in [0.1, 0.15) is 18.9 Å². The third kappa shape index (κ3) is 2.05. The van der Waals surface area contributed by atoms with Crippen LogP contribution in [0.5, 0.6) is 5.75 Å². The first kappa shape index (κ1) is 12.6. The number of para-hydroxylation sites is 1. The number of benzene rings is 1. The highest BCUT2D eigenvalue weighted by Crippen LogP contribution is 2.39. The van der Waals surface area contributed by atoms with E-state index in [9.17, 15) is 0 Å². The Hall–Kier alpha value is -1.39. The average Bonchev–Trinajstić information content (AvgIpc) is 2.46. The molecule has 1 aliphatic heterocycles. The third-order valence-corrected chi connectivity index (χ3v) is 4.03. The molecule has 0 aliphatic carbocycles. The van der Waals surface area contributed by atoms with Crippen LogP contribution in [0.2, 0.25) is 0 Å². The summed E-state index contributed by atoms with van der Waals surface area (Å²) in [5.74, 6) is 1.14. The first-order valence-electron chi connectivity index (χ1n) is 6.48. The molecule has 1 aliphatic rings. The summed E-state index contributed by atoms with van der Waals surface area (Å²) in [5.41, 5.74) is 1.75. The lowest BCUT2D eigenvalue weighted by Gasteiger charge is -2.32. The smallest absolute Gasteiger partial charge is 0.202 e. The van der Waals surface area contributed by atoms with E-state index in [1.54, 1.807) is 7.11 Å². The fourth-order valence-corrected chi connectivity index (χ4v) is 2.88. The van der Waals surface area contributed by atoms with Gasteiger partial charge in [0.05, 0.1) is 5.39 Å². The van der Waals surface area contributed by atoms with Gasteiger partial charge in [0.1, 0.15) is 11.3 Å². The van der Waals surface area contributed by atoms with E-state index in [-0.39, 0.29) is 6.29 Å². The molecular formula is C15H16O3S. The van der Waals surface area contributed by atoms with Crippen molar-refractivity contribution in [3.63, 3.8) is 0 Å². The fraction of sp³-hybridized carbons (Fsp3) is 0.400. The molecule has 2 aromatic rings. The van der Waals surface area contributed by atoms with Crippen LogP contribution < -0.4 is 4.74 Å². The number of hydrogen-bond donors (Lipinski definition) is 0. The molecule has 2 atom stereocenters. The third-order valence-electron chi connectivity index (χ3n) is 3.70. The summed E-state index contributed by atoms with van der Waals surface area (Å²) in [7, 11) is 1.68. The molecule has 1 aromatic heterocycles.